The van der Waals surface area contributed by atoms with Gasteiger partial charge < -0.3 is 21.0 Å². The molecule has 0 amide bonds. The molecule has 0 fully saturated rings. The van der Waals surface area contributed by atoms with Gasteiger partial charge in [0.2, 0.25) is 0 Å². The second-order valence-electron chi connectivity index (χ2n) is 8.54. The van der Waals surface area contributed by atoms with Crippen molar-refractivity contribution in [1.29, 1.82) is 0 Å². The van der Waals surface area contributed by atoms with E-state index in [0.717, 1.165) is 16.8 Å². The molecule has 2 unspecified atom stereocenters. The Hall–Kier alpha value is -1.82. The molecule has 150 valence electrons. The first-order chi connectivity index (χ1) is 12.3. The lowest BCUT2D eigenvalue weighted by molar-refractivity contribution is 0.199. The van der Waals surface area contributed by atoms with Gasteiger partial charge in [-0.15, -0.1) is 0 Å². The van der Waals surface area contributed by atoms with E-state index >= 15 is 0 Å². The molecular formula is C22H36N2O2Si. The van der Waals surface area contributed by atoms with E-state index in [4.69, 9.17) is 21.0 Å². The Balaban J connectivity index is 0.000000309. The summed E-state index contributed by atoms with van der Waals surface area (Å²) < 4.78 is 6.33. The summed E-state index contributed by atoms with van der Waals surface area (Å²) in [6, 6.07) is 15.2. The molecule has 0 saturated carbocycles. The molecule has 2 rings (SSSR count). The molecule has 0 aliphatic rings. The van der Waals surface area contributed by atoms with E-state index in [-0.39, 0.29) is 11.1 Å². The zero-order valence-electron chi connectivity index (χ0n) is 17.8. The summed E-state index contributed by atoms with van der Waals surface area (Å²) in [4.78, 5) is 0. The van der Waals surface area contributed by atoms with Crippen molar-refractivity contribution in [3.63, 3.8) is 0 Å². The van der Waals surface area contributed by atoms with Gasteiger partial charge >= 0.3 is 0 Å². The summed E-state index contributed by atoms with van der Waals surface area (Å²) in [5.74, 6) is 0. The Bertz CT molecular complexity index is 724. The average molecular weight is 389 g/mol. The standard InChI is InChI=1S/C14H25NOSi.C8H11NO/c1-11(12-8-7-9-13(15)10-12)16-17(5,6)14(2,3)4;1-6(10)7-3-2-4-8(9)5-7/h7-11H,15H2,1-6H3;2-6,10H,9H2,1H3. The Morgan fingerprint density at radius 3 is 1.70 bits per heavy atom. The molecule has 0 saturated heterocycles. The summed E-state index contributed by atoms with van der Waals surface area (Å²) in [5.41, 5.74) is 14.8. The fourth-order valence-corrected chi connectivity index (χ4v) is 3.69. The molecule has 0 aliphatic carbocycles. The van der Waals surface area contributed by atoms with E-state index in [0.29, 0.717) is 5.69 Å². The van der Waals surface area contributed by atoms with Gasteiger partial charge in [-0.05, 0) is 67.4 Å². The lowest BCUT2D eigenvalue weighted by Crippen LogP contribution is -2.41. The SMILES string of the molecule is CC(O)c1cccc(N)c1.CC(O[Si](C)(C)C(C)(C)C)c1cccc(N)c1. The lowest BCUT2D eigenvalue weighted by atomic mass is 10.1. The fraction of sp³-hybridized carbons (Fsp3) is 0.455. The Labute approximate surface area is 165 Å². The van der Waals surface area contributed by atoms with Gasteiger partial charge in [0, 0.05) is 11.4 Å². The molecule has 0 aliphatic heterocycles. The number of nitrogens with two attached hydrogens (primary N) is 2. The normalized spacial score (nSPS) is 14.1. The van der Waals surface area contributed by atoms with Crippen LogP contribution in [0.5, 0.6) is 0 Å². The highest BCUT2D eigenvalue weighted by Crippen LogP contribution is 2.39. The van der Waals surface area contributed by atoms with Crippen LogP contribution in [0.1, 0.15) is 58.0 Å². The van der Waals surface area contributed by atoms with E-state index in [1.807, 2.05) is 30.3 Å². The summed E-state index contributed by atoms with van der Waals surface area (Å²) in [6.45, 7) is 15.1. The van der Waals surface area contributed by atoms with Gasteiger partial charge in [-0.2, -0.15) is 0 Å². The topological polar surface area (TPSA) is 81.5 Å². The van der Waals surface area contributed by atoms with Gasteiger partial charge in [0.05, 0.1) is 12.2 Å². The molecule has 4 nitrogen and oxygen atoms in total. The minimum Gasteiger partial charge on any atom is -0.410 e. The van der Waals surface area contributed by atoms with E-state index < -0.39 is 14.4 Å². The second-order valence-corrected chi connectivity index (χ2v) is 13.3. The number of benzene rings is 2. The number of hydrogen-bond acceptors (Lipinski definition) is 4. The smallest absolute Gasteiger partial charge is 0.192 e. The van der Waals surface area contributed by atoms with Gasteiger partial charge in [0.25, 0.3) is 0 Å². The van der Waals surface area contributed by atoms with Crippen LogP contribution in [0.2, 0.25) is 18.1 Å². The molecule has 2 atom stereocenters. The van der Waals surface area contributed by atoms with Gasteiger partial charge in [-0.1, -0.05) is 45.0 Å². The third-order valence-electron chi connectivity index (χ3n) is 5.05. The largest absolute Gasteiger partial charge is 0.410 e. The fourth-order valence-electron chi connectivity index (χ4n) is 2.32. The van der Waals surface area contributed by atoms with Gasteiger partial charge in [-0.25, -0.2) is 0 Å². The average Bonchev–Trinajstić information content (AvgIpc) is 2.54. The maximum Gasteiger partial charge on any atom is 0.192 e. The number of hydrogen-bond donors (Lipinski definition) is 3. The summed E-state index contributed by atoms with van der Waals surface area (Å²) >= 11 is 0. The zero-order chi connectivity index (χ0) is 20.8. The lowest BCUT2D eigenvalue weighted by Gasteiger charge is -2.38. The van der Waals surface area contributed by atoms with Gasteiger partial charge in [-0.3, -0.25) is 0 Å². The molecule has 0 aromatic heterocycles. The highest BCUT2D eigenvalue weighted by Gasteiger charge is 2.38. The number of aliphatic hydroxyl groups excluding tert-OH is 1. The van der Waals surface area contributed by atoms with Crippen molar-refractivity contribution >= 4 is 19.7 Å². The van der Waals surface area contributed by atoms with Crippen molar-refractivity contribution < 1.29 is 9.53 Å². The molecule has 5 N–H and O–H groups in total. The Morgan fingerprint density at radius 2 is 1.33 bits per heavy atom. The maximum absolute atomic E-state index is 9.09. The van der Waals surface area contributed by atoms with Crippen LogP contribution in [0.4, 0.5) is 11.4 Å². The second kappa shape index (κ2) is 9.40. The predicted molar refractivity (Wildman–Crippen MR) is 119 cm³/mol. The summed E-state index contributed by atoms with van der Waals surface area (Å²) in [7, 11) is -1.71. The number of aliphatic hydroxyl groups is 1. The van der Waals surface area contributed by atoms with Gasteiger partial charge in [0.1, 0.15) is 0 Å². The number of nitrogen functional groups attached to an aromatic ring is 2. The monoisotopic (exact) mass is 388 g/mol. The first kappa shape index (κ1) is 23.2. The zero-order valence-corrected chi connectivity index (χ0v) is 18.8. The van der Waals surface area contributed by atoms with E-state index in [9.17, 15) is 0 Å². The van der Waals surface area contributed by atoms with Crippen LogP contribution in [-0.4, -0.2) is 13.4 Å². The van der Waals surface area contributed by atoms with Crippen molar-refractivity contribution in [1.82, 2.24) is 0 Å². The van der Waals surface area contributed by atoms with Crippen LogP contribution in [0.25, 0.3) is 0 Å². The number of rotatable bonds is 4. The highest BCUT2D eigenvalue weighted by molar-refractivity contribution is 6.74. The predicted octanol–water partition coefficient (Wildman–Crippen LogP) is 5.67. The van der Waals surface area contributed by atoms with Crippen molar-refractivity contribution in [3.8, 4) is 0 Å². The van der Waals surface area contributed by atoms with E-state index in [1.54, 1.807) is 19.1 Å². The van der Waals surface area contributed by atoms with Crippen molar-refractivity contribution in [2.24, 2.45) is 0 Å². The van der Waals surface area contributed by atoms with Crippen LogP contribution in [0, 0.1) is 0 Å². The molecule has 0 radical (unpaired) electrons. The molecule has 0 heterocycles. The molecule has 2 aromatic carbocycles. The molecule has 2 aromatic rings. The minimum atomic E-state index is -1.71. The quantitative estimate of drug-likeness (QED) is 0.465. The minimum absolute atomic E-state index is 0.111. The van der Waals surface area contributed by atoms with Crippen LogP contribution in [0.3, 0.4) is 0 Å². The van der Waals surface area contributed by atoms with Crippen LogP contribution >= 0.6 is 0 Å². The molecule has 0 spiro atoms. The van der Waals surface area contributed by atoms with Gasteiger partial charge in [0.15, 0.2) is 8.32 Å². The Kier molecular flexibility index (Phi) is 8.08. The van der Waals surface area contributed by atoms with Crippen molar-refractivity contribution in [3.05, 3.63) is 59.7 Å². The van der Waals surface area contributed by atoms with Crippen LogP contribution < -0.4 is 11.5 Å². The van der Waals surface area contributed by atoms with Crippen LogP contribution in [-0.2, 0) is 4.43 Å². The first-order valence-corrected chi connectivity index (χ1v) is 12.3. The van der Waals surface area contributed by atoms with Crippen molar-refractivity contribution in [2.45, 2.75) is 65.0 Å². The van der Waals surface area contributed by atoms with E-state index in [2.05, 4.69) is 46.9 Å². The maximum atomic E-state index is 9.09. The van der Waals surface area contributed by atoms with Crippen LogP contribution in [0.15, 0.2) is 48.5 Å². The third-order valence-corrected chi connectivity index (χ3v) is 9.61. The Morgan fingerprint density at radius 1 is 0.889 bits per heavy atom. The van der Waals surface area contributed by atoms with Crippen molar-refractivity contribution in [2.75, 3.05) is 11.5 Å². The summed E-state index contributed by atoms with van der Waals surface area (Å²) in [6.07, 6.45) is -0.317. The molecule has 0 bridgehead atoms. The molecule has 5 heteroatoms. The number of anilines is 2. The summed E-state index contributed by atoms with van der Waals surface area (Å²) in [5, 5.41) is 9.33. The van der Waals surface area contributed by atoms with E-state index in [1.165, 1.54) is 0 Å². The highest BCUT2D eigenvalue weighted by atomic mass is 28.4. The first-order valence-electron chi connectivity index (χ1n) is 9.40. The molecular weight excluding hydrogens is 352 g/mol. The molecule has 27 heavy (non-hydrogen) atoms. The third kappa shape index (κ3) is 7.37.